The van der Waals surface area contributed by atoms with Gasteiger partial charge < -0.3 is 15.0 Å². The zero-order chi connectivity index (χ0) is 19.6. The number of anilines is 1. The van der Waals surface area contributed by atoms with Crippen LogP contribution in [0.2, 0.25) is 0 Å². The van der Waals surface area contributed by atoms with E-state index in [-0.39, 0.29) is 24.8 Å². The van der Waals surface area contributed by atoms with Crippen LogP contribution in [0.5, 0.6) is 0 Å². The number of halogens is 1. The number of nitrogens with zero attached hydrogens (tertiary/aromatic N) is 1. The summed E-state index contributed by atoms with van der Waals surface area (Å²) in [5, 5.41) is 2.75. The van der Waals surface area contributed by atoms with Gasteiger partial charge in [-0.1, -0.05) is 24.3 Å². The largest absolute Gasteiger partial charge is 0.455 e. The molecule has 0 aliphatic heterocycles. The zero-order valence-corrected chi connectivity index (χ0v) is 15.7. The van der Waals surface area contributed by atoms with E-state index in [0.29, 0.717) is 18.7 Å². The number of ether oxygens (including phenoxy) is 1. The van der Waals surface area contributed by atoms with E-state index in [4.69, 9.17) is 4.74 Å². The molecule has 0 radical (unpaired) electrons. The molecule has 27 heavy (non-hydrogen) atoms. The Kier molecular flexibility index (Phi) is 7.79. The monoisotopic (exact) mass is 372 g/mol. The van der Waals surface area contributed by atoms with Gasteiger partial charge in [0.15, 0.2) is 6.61 Å². The van der Waals surface area contributed by atoms with Gasteiger partial charge in [0.1, 0.15) is 5.82 Å². The highest BCUT2D eigenvalue weighted by atomic mass is 19.1. The Labute approximate surface area is 159 Å². The molecule has 0 saturated heterocycles. The number of carbonyl (C=O) groups is 2. The van der Waals surface area contributed by atoms with Gasteiger partial charge >= 0.3 is 5.97 Å². The summed E-state index contributed by atoms with van der Waals surface area (Å²) in [6, 6.07) is 13.8. The Morgan fingerprint density at radius 3 is 2.56 bits per heavy atom. The smallest absolute Gasteiger partial charge is 0.310 e. The molecule has 0 spiro atoms. The molecule has 1 amide bonds. The number of hydrogen-bond acceptors (Lipinski definition) is 4. The van der Waals surface area contributed by atoms with Gasteiger partial charge in [-0.2, -0.15) is 0 Å². The minimum absolute atomic E-state index is 0.00449. The van der Waals surface area contributed by atoms with E-state index in [1.807, 2.05) is 25.1 Å². The van der Waals surface area contributed by atoms with Gasteiger partial charge in [-0.15, -0.1) is 0 Å². The number of hydrogen-bond donors (Lipinski definition) is 1. The quantitative estimate of drug-likeness (QED) is 0.688. The van der Waals surface area contributed by atoms with E-state index in [1.165, 1.54) is 29.8 Å². The number of nitrogens with one attached hydrogen (secondary N) is 1. The van der Waals surface area contributed by atoms with Crippen LogP contribution in [-0.2, 0) is 20.7 Å². The number of aryl methyl sites for hydroxylation is 1. The zero-order valence-electron chi connectivity index (χ0n) is 15.7. The molecule has 0 fully saturated rings. The molecule has 0 aliphatic carbocycles. The first-order valence-corrected chi connectivity index (χ1v) is 8.96. The predicted octanol–water partition coefficient (Wildman–Crippen LogP) is 2.86. The summed E-state index contributed by atoms with van der Waals surface area (Å²) in [6.45, 7) is 5.72. The molecule has 144 valence electrons. The minimum atomic E-state index is -0.522. The molecular formula is C21H25FN2O3. The molecule has 0 aliphatic rings. The van der Waals surface area contributed by atoms with E-state index in [2.05, 4.69) is 23.2 Å². The molecule has 0 unspecified atom stereocenters. The fourth-order valence-electron chi connectivity index (χ4n) is 2.64. The fourth-order valence-corrected chi connectivity index (χ4v) is 2.64. The highest BCUT2D eigenvalue weighted by Crippen LogP contribution is 2.14. The molecule has 0 bridgehead atoms. The van der Waals surface area contributed by atoms with Crippen LogP contribution >= 0.6 is 0 Å². The van der Waals surface area contributed by atoms with Crippen LogP contribution in [-0.4, -0.2) is 38.1 Å². The molecule has 6 heteroatoms. The summed E-state index contributed by atoms with van der Waals surface area (Å²) in [5.41, 5.74) is 2.93. The maximum Gasteiger partial charge on any atom is 0.310 e. The van der Waals surface area contributed by atoms with Gasteiger partial charge in [0, 0.05) is 25.3 Å². The van der Waals surface area contributed by atoms with Gasteiger partial charge in [0.25, 0.3) is 5.91 Å². The van der Waals surface area contributed by atoms with E-state index in [9.17, 15) is 14.0 Å². The summed E-state index contributed by atoms with van der Waals surface area (Å²) in [6.07, 6.45) is 0.00449. The maximum absolute atomic E-state index is 12.8. The Balaban J connectivity index is 1.69. The Morgan fingerprint density at radius 1 is 1.15 bits per heavy atom. The topological polar surface area (TPSA) is 58.6 Å². The highest BCUT2D eigenvalue weighted by molar-refractivity contribution is 5.81. The van der Waals surface area contributed by atoms with Crippen molar-refractivity contribution in [3.63, 3.8) is 0 Å². The lowest BCUT2D eigenvalue weighted by atomic mass is 10.1. The van der Waals surface area contributed by atoms with Crippen molar-refractivity contribution in [1.29, 1.82) is 0 Å². The molecule has 2 rings (SSSR count). The number of carbonyl (C=O) groups excluding carboxylic acids is 2. The standard InChI is InChI=1S/C21H25FN2O3/c1-3-24(19-6-4-5-16(2)13-19)12-11-23-20(25)15-27-21(26)14-17-7-9-18(22)10-8-17/h4-10,13H,3,11-12,14-15H2,1-2H3,(H,23,25). The summed E-state index contributed by atoms with van der Waals surface area (Å²) >= 11 is 0. The van der Waals surface area contributed by atoms with E-state index >= 15 is 0 Å². The summed E-state index contributed by atoms with van der Waals surface area (Å²) in [5.74, 6) is -1.23. The van der Waals surface area contributed by atoms with Crippen molar-refractivity contribution in [2.75, 3.05) is 31.1 Å². The first kappa shape index (κ1) is 20.4. The van der Waals surface area contributed by atoms with Crippen molar-refractivity contribution in [2.45, 2.75) is 20.3 Å². The first-order valence-electron chi connectivity index (χ1n) is 8.96. The van der Waals surface area contributed by atoms with Crippen molar-refractivity contribution in [3.8, 4) is 0 Å². The Hall–Kier alpha value is -2.89. The van der Waals surface area contributed by atoms with Crippen molar-refractivity contribution < 1.29 is 18.7 Å². The lowest BCUT2D eigenvalue weighted by Gasteiger charge is -2.23. The third kappa shape index (κ3) is 7.09. The maximum atomic E-state index is 12.8. The first-order chi connectivity index (χ1) is 13.0. The normalized spacial score (nSPS) is 10.3. The van der Waals surface area contributed by atoms with Crippen LogP contribution in [0.4, 0.5) is 10.1 Å². The third-order valence-electron chi connectivity index (χ3n) is 4.08. The van der Waals surface area contributed by atoms with Crippen LogP contribution in [0, 0.1) is 12.7 Å². The number of amides is 1. The molecular weight excluding hydrogens is 347 g/mol. The summed E-state index contributed by atoms with van der Waals surface area (Å²) in [4.78, 5) is 25.8. The average molecular weight is 372 g/mol. The third-order valence-corrected chi connectivity index (χ3v) is 4.08. The van der Waals surface area contributed by atoms with E-state index < -0.39 is 5.97 Å². The molecule has 0 aromatic heterocycles. The number of esters is 1. The Morgan fingerprint density at radius 2 is 1.89 bits per heavy atom. The molecule has 2 aromatic rings. The van der Waals surface area contributed by atoms with Crippen molar-refractivity contribution in [3.05, 3.63) is 65.5 Å². The van der Waals surface area contributed by atoms with E-state index in [0.717, 1.165) is 12.2 Å². The molecule has 0 heterocycles. The lowest BCUT2D eigenvalue weighted by Crippen LogP contribution is -2.37. The molecule has 2 aromatic carbocycles. The molecule has 0 atom stereocenters. The summed E-state index contributed by atoms with van der Waals surface area (Å²) < 4.78 is 17.8. The van der Waals surface area contributed by atoms with Gasteiger partial charge in [-0.3, -0.25) is 9.59 Å². The summed E-state index contributed by atoms with van der Waals surface area (Å²) in [7, 11) is 0. The van der Waals surface area contributed by atoms with Gasteiger partial charge in [0.05, 0.1) is 6.42 Å². The van der Waals surface area contributed by atoms with Crippen LogP contribution in [0.15, 0.2) is 48.5 Å². The van der Waals surface area contributed by atoms with Crippen LogP contribution in [0.1, 0.15) is 18.1 Å². The second-order valence-electron chi connectivity index (χ2n) is 6.23. The van der Waals surface area contributed by atoms with E-state index in [1.54, 1.807) is 0 Å². The highest BCUT2D eigenvalue weighted by Gasteiger charge is 2.10. The van der Waals surface area contributed by atoms with Crippen LogP contribution in [0.3, 0.4) is 0 Å². The van der Waals surface area contributed by atoms with Gasteiger partial charge in [0.2, 0.25) is 0 Å². The SMILES string of the molecule is CCN(CCNC(=O)COC(=O)Cc1ccc(F)cc1)c1cccc(C)c1. The lowest BCUT2D eigenvalue weighted by molar-refractivity contribution is -0.147. The van der Waals surface area contributed by atoms with Gasteiger partial charge in [-0.25, -0.2) is 4.39 Å². The second kappa shape index (κ2) is 10.3. The second-order valence-corrected chi connectivity index (χ2v) is 6.23. The molecule has 5 nitrogen and oxygen atoms in total. The van der Waals surface area contributed by atoms with Crippen molar-refractivity contribution >= 4 is 17.6 Å². The number of likely N-dealkylation sites (N-methyl/N-ethyl adjacent to an activating group) is 1. The number of rotatable bonds is 9. The predicted molar refractivity (Wildman–Crippen MR) is 103 cm³/mol. The molecule has 1 N–H and O–H groups in total. The van der Waals surface area contributed by atoms with Crippen molar-refractivity contribution in [2.24, 2.45) is 0 Å². The van der Waals surface area contributed by atoms with Gasteiger partial charge in [-0.05, 0) is 49.2 Å². The van der Waals surface area contributed by atoms with Crippen molar-refractivity contribution in [1.82, 2.24) is 5.32 Å². The average Bonchev–Trinajstić information content (AvgIpc) is 2.65. The van der Waals surface area contributed by atoms with Crippen LogP contribution in [0.25, 0.3) is 0 Å². The molecule has 0 saturated carbocycles. The Bertz CT molecular complexity index is 762. The van der Waals surface area contributed by atoms with Crippen LogP contribution < -0.4 is 10.2 Å². The number of benzene rings is 2. The fraction of sp³-hybridized carbons (Fsp3) is 0.333. The minimum Gasteiger partial charge on any atom is -0.455 e.